The SMILES string of the molecule is Fc1ccccc1CN(Cc1ccco1)C(=S)Nc1ccc(Cl)c(C(F)(F)F)c1. The summed E-state index contributed by atoms with van der Waals surface area (Å²) in [5.74, 6) is 0.156. The average molecular weight is 443 g/mol. The topological polar surface area (TPSA) is 28.4 Å². The Bertz CT molecular complexity index is 992. The highest BCUT2D eigenvalue weighted by molar-refractivity contribution is 7.80. The minimum Gasteiger partial charge on any atom is -0.467 e. The molecule has 0 atom stereocenters. The molecule has 9 heteroatoms. The highest BCUT2D eigenvalue weighted by Gasteiger charge is 2.33. The van der Waals surface area contributed by atoms with E-state index in [9.17, 15) is 17.6 Å². The van der Waals surface area contributed by atoms with Crippen molar-refractivity contribution in [2.24, 2.45) is 0 Å². The van der Waals surface area contributed by atoms with Gasteiger partial charge in [0.25, 0.3) is 0 Å². The Hall–Kier alpha value is -2.58. The zero-order valence-electron chi connectivity index (χ0n) is 14.8. The van der Waals surface area contributed by atoms with Crippen molar-refractivity contribution in [2.75, 3.05) is 5.32 Å². The molecular weight excluding hydrogens is 428 g/mol. The summed E-state index contributed by atoms with van der Waals surface area (Å²) in [6, 6.07) is 13.0. The third kappa shape index (κ3) is 5.48. The summed E-state index contributed by atoms with van der Waals surface area (Å²) in [7, 11) is 0. The van der Waals surface area contributed by atoms with E-state index >= 15 is 0 Å². The molecule has 3 aromatic rings. The van der Waals surface area contributed by atoms with Crippen molar-refractivity contribution in [2.45, 2.75) is 19.3 Å². The summed E-state index contributed by atoms with van der Waals surface area (Å²) >= 11 is 11.0. The summed E-state index contributed by atoms with van der Waals surface area (Å²) in [6.07, 6.45) is -3.11. The van der Waals surface area contributed by atoms with E-state index in [0.29, 0.717) is 11.3 Å². The molecule has 0 saturated carbocycles. The van der Waals surface area contributed by atoms with Crippen molar-refractivity contribution in [3.05, 3.63) is 88.6 Å². The van der Waals surface area contributed by atoms with Crippen LogP contribution in [0.3, 0.4) is 0 Å². The molecule has 1 aromatic heterocycles. The number of alkyl halides is 3. The van der Waals surface area contributed by atoms with E-state index in [1.165, 1.54) is 18.4 Å². The van der Waals surface area contributed by atoms with Crippen LogP contribution in [0, 0.1) is 5.82 Å². The van der Waals surface area contributed by atoms with E-state index in [0.717, 1.165) is 12.1 Å². The largest absolute Gasteiger partial charge is 0.467 e. The molecule has 2 aromatic carbocycles. The minimum atomic E-state index is -4.60. The molecule has 3 nitrogen and oxygen atoms in total. The van der Waals surface area contributed by atoms with Gasteiger partial charge in [0, 0.05) is 17.8 Å². The fraction of sp³-hybridized carbons (Fsp3) is 0.150. The lowest BCUT2D eigenvalue weighted by molar-refractivity contribution is -0.137. The maximum atomic E-state index is 14.1. The van der Waals surface area contributed by atoms with Crippen LogP contribution in [0.25, 0.3) is 0 Å². The van der Waals surface area contributed by atoms with Crippen molar-refractivity contribution in [1.82, 2.24) is 4.90 Å². The lowest BCUT2D eigenvalue weighted by Gasteiger charge is -2.25. The number of anilines is 1. The van der Waals surface area contributed by atoms with Gasteiger partial charge in [-0.25, -0.2) is 4.39 Å². The third-order valence-corrected chi connectivity index (χ3v) is 4.75. The van der Waals surface area contributed by atoms with Gasteiger partial charge in [-0.2, -0.15) is 13.2 Å². The molecule has 0 radical (unpaired) electrons. The number of benzene rings is 2. The number of hydrogen-bond donors (Lipinski definition) is 1. The van der Waals surface area contributed by atoms with Crippen LogP contribution in [-0.4, -0.2) is 10.0 Å². The molecule has 29 heavy (non-hydrogen) atoms. The van der Waals surface area contributed by atoms with E-state index in [1.807, 2.05) is 0 Å². The van der Waals surface area contributed by atoms with Crippen molar-refractivity contribution in [3.63, 3.8) is 0 Å². The number of rotatable bonds is 5. The molecule has 0 aliphatic carbocycles. The van der Waals surface area contributed by atoms with Crippen molar-refractivity contribution in [3.8, 4) is 0 Å². The van der Waals surface area contributed by atoms with Gasteiger partial charge in [0.1, 0.15) is 11.6 Å². The van der Waals surface area contributed by atoms with Gasteiger partial charge in [0.05, 0.1) is 23.4 Å². The number of nitrogens with one attached hydrogen (secondary N) is 1. The maximum Gasteiger partial charge on any atom is 0.417 e. The zero-order valence-corrected chi connectivity index (χ0v) is 16.4. The molecule has 0 saturated heterocycles. The lowest BCUT2D eigenvalue weighted by Crippen LogP contribution is -2.34. The summed E-state index contributed by atoms with van der Waals surface area (Å²) in [4.78, 5) is 1.59. The maximum absolute atomic E-state index is 14.1. The number of thiocarbonyl (C=S) groups is 1. The molecule has 152 valence electrons. The number of furan rings is 1. The molecule has 0 aliphatic heterocycles. The van der Waals surface area contributed by atoms with Crippen LogP contribution in [0.5, 0.6) is 0 Å². The standard InChI is InChI=1S/C20H15ClF4N2OS/c21-17-8-7-14(10-16(17)20(23,24)25)26-19(29)27(12-15-5-3-9-28-15)11-13-4-1-2-6-18(13)22/h1-10H,11-12H2,(H,26,29). The average Bonchev–Trinajstić information content (AvgIpc) is 3.16. The Balaban J connectivity index is 1.84. The smallest absolute Gasteiger partial charge is 0.417 e. The minimum absolute atomic E-state index is 0.0962. The van der Waals surface area contributed by atoms with Gasteiger partial charge in [-0.3, -0.25) is 0 Å². The highest BCUT2D eigenvalue weighted by Crippen LogP contribution is 2.36. The van der Waals surface area contributed by atoms with E-state index < -0.39 is 22.6 Å². The fourth-order valence-electron chi connectivity index (χ4n) is 2.65. The molecule has 3 rings (SSSR count). The van der Waals surface area contributed by atoms with Gasteiger partial charge >= 0.3 is 6.18 Å². The predicted molar refractivity (Wildman–Crippen MR) is 107 cm³/mol. The first-order chi connectivity index (χ1) is 13.7. The monoisotopic (exact) mass is 442 g/mol. The molecule has 0 aliphatic rings. The van der Waals surface area contributed by atoms with Gasteiger partial charge < -0.3 is 14.6 Å². The van der Waals surface area contributed by atoms with Crippen LogP contribution in [0.15, 0.2) is 65.3 Å². The molecular formula is C20H15ClF4N2OS. The molecule has 0 unspecified atom stereocenters. The van der Waals surface area contributed by atoms with Crippen molar-refractivity contribution >= 4 is 34.6 Å². The summed E-state index contributed by atoms with van der Waals surface area (Å²) in [5.41, 5.74) is -0.473. The number of nitrogens with zero attached hydrogens (tertiary/aromatic N) is 1. The van der Waals surface area contributed by atoms with Crippen LogP contribution >= 0.6 is 23.8 Å². The van der Waals surface area contributed by atoms with Crippen LogP contribution in [0.4, 0.5) is 23.2 Å². The molecule has 1 N–H and O–H groups in total. The van der Waals surface area contributed by atoms with Gasteiger partial charge in [0.15, 0.2) is 5.11 Å². The van der Waals surface area contributed by atoms with Gasteiger partial charge in [-0.1, -0.05) is 29.8 Å². The Kier molecular flexibility index (Phi) is 6.44. The Morgan fingerprint density at radius 3 is 2.48 bits per heavy atom. The Morgan fingerprint density at radius 1 is 1.07 bits per heavy atom. The molecule has 0 fully saturated rings. The number of halogens is 5. The Morgan fingerprint density at radius 2 is 1.83 bits per heavy atom. The number of hydrogen-bond acceptors (Lipinski definition) is 2. The third-order valence-electron chi connectivity index (χ3n) is 4.06. The first-order valence-electron chi connectivity index (χ1n) is 8.42. The first-order valence-corrected chi connectivity index (χ1v) is 9.21. The van der Waals surface area contributed by atoms with E-state index in [2.05, 4.69) is 5.32 Å². The van der Waals surface area contributed by atoms with Crippen LogP contribution in [-0.2, 0) is 19.3 Å². The van der Waals surface area contributed by atoms with Gasteiger partial charge in [-0.05, 0) is 48.6 Å². The van der Waals surface area contributed by atoms with E-state index in [1.54, 1.807) is 35.2 Å². The highest BCUT2D eigenvalue weighted by atomic mass is 35.5. The molecule has 0 bridgehead atoms. The van der Waals surface area contributed by atoms with Crippen molar-refractivity contribution < 1.29 is 22.0 Å². The quantitative estimate of drug-likeness (QED) is 0.361. The first kappa shape index (κ1) is 21.1. The summed E-state index contributed by atoms with van der Waals surface area (Å²) < 4.78 is 58.7. The second-order valence-corrected chi connectivity index (χ2v) is 6.94. The van der Waals surface area contributed by atoms with Crippen LogP contribution < -0.4 is 5.32 Å². The molecule has 0 amide bonds. The van der Waals surface area contributed by atoms with Crippen LogP contribution in [0.2, 0.25) is 5.02 Å². The fourth-order valence-corrected chi connectivity index (χ4v) is 3.12. The van der Waals surface area contributed by atoms with Gasteiger partial charge in [0.2, 0.25) is 0 Å². The van der Waals surface area contributed by atoms with E-state index in [4.69, 9.17) is 28.2 Å². The molecule has 0 spiro atoms. The Labute approximate surface area is 174 Å². The van der Waals surface area contributed by atoms with Gasteiger partial charge in [-0.15, -0.1) is 0 Å². The molecule has 1 heterocycles. The predicted octanol–water partition coefficient (Wildman–Crippen LogP) is 6.49. The lowest BCUT2D eigenvalue weighted by atomic mass is 10.2. The van der Waals surface area contributed by atoms with E-state index in [-0.39, 0.29) is 23.9 Å². The zero-order chi connectivity index (χ0) is 21.0. The second kappa shape index (κ2) is 8.84. The summed E-state index contributed by atoms with van der Waals surface area (Å²) in [5, 5.41) is 2.47. The van der Waals surface area contributed by atoms with Crippen molar-refractivity contribution in [1.29, 1.82) is 0 Å². The summed E-state index contributed by atoms with van der Waals surface area (Å²) in [6.45, 7) is 0.297. The second-order valence-electron chi connectivity index (χ2n) is 6.15. The van der Waals surface area contributed by atoms with Crippen LogP contribution in [0.1, 0.15) is 16.9 Å². The normalized spacial score (nSPS) is 11.3.